The zero-order valence-corrected chi connectivity index (χ0v) is 15.0. The molecule has 1 atom stereocenters. The molecule has 1 aromatic rings. The molecule has 0 aliphatic carbocycles. The van der Waals surface area contributed by atoms with E-state index >= 15 is 0 Å². The first-order valence-electron chi connectivity index (χ1n) is 7.00. The third kappa shape index (κ3) is 4.91. The Morgan fingerprint density at radius 2 is 2.23 bits per heavy atom. The summed E-state index contributed by atoms with van der Waals surface area (Å²) < 4.78 is 5.94. The second-order valence-corrected chi connectivity index (χ2v) is 5.90. The Kier molecular flexibility index (Phi) is 7.18. The minimum absolute atomic E-state index is 0.00295. The van der Waals surface area contributed by atoms with Gasteiger partial charge in [0.25, 0.3) is 5.91 Å². The van der Waals surface area contributed by atoms with Gasteiger partial charge in [-0.05, 0) is 66.6 Å². The van der Waals surface area contributed by atoms with Crippen molar-refractivity contribution in [3.63, 3.8) is 0 Å². The third-order valence-electron chi connectivity index (χ3n) is 3.02. The lowest BCUT2D eigenvalue weighted by Gasteiger charge is -2.11. The lowest BCUT2D eigenvalue weighted by Crippen LogP contribution is -2.32. The van der Waals surface area contributed by atoms with Crippen LogP contribution in [0, 0.1) is 14.9 Å². The van der Waals surface area contributed by atoms with Gasteiger partial charge in [-0.2, -0.15) is 5.26 Å². The van der Waals surface area contributed by atoms with Gasteiger partial charge in [-0.1, -0.05) is 6.92 Å². The van der Waals surface area contributed by atoms with E-state index in [4.69, 9.17) is 4.74 Å². The molecule has 0 radical (unpaired) electrons. The van der Waals surface area contributed by atoms with Gasteiger partial charge < -0.3 is 15.2 Å². The van der Waals surface area contributed by atoms with Gasteiger partial charge in [-0.25, -0.2) is 0 Å². The summed E-state index contributed by atoms with van der Waals surface area (Å²) in [6, 6.07) is 5.20. The van der Waals surface area contributed by atoms with Gasteiger partial charge in [0.05, 0.1) is 10.2 Å². The molecule has 5 nitrogen and oxygen atoms in total. The van der Waals surface area contributed by atoms with Crippen LogP contribution in [0.15, 0.2) is 17.7 Å². The van der Waals surface area contributed by atoms with Crippen LogP contribution in [0.5, 0.6) is 11.5 Å². The fraction of sp³-hybridized carbons (Fsp3) is 0.375. The number of amides is 1. The summed E-state index contributed by atoms with van der Waals surface area (Å²) in [4.78, 5) is 12.0. The Balaban J connectivity index is 3.13. The summed E-state index contributed by atoms with van der Waals surface area (Å²) in [7, 11) is 0. The van der Waals surface area contributed by atoms with Gasteiger partial charge in [-0.3, -0.25) is 4.79 Å². The van der Waals surface area contributed by atoms with E-state index in [2.05, 4.69) is 5.32 Å². The molecule has 0 aliphatic rings. The number of nitriles is 1. The van der Waals surface area contributed by atoms with E-state index in [0.717, 1.165) is 6.42 Å². The Labute approximate surface area is 144 Å². The molecule has 1 aromatic carbocycles. The average Bonchev–Trinajstić information content (AvgIpc) is 2.49. The number of nitrogens with zero attached hydrogens (tertiary/aromatic N) is 1. The summed E-state index contributed by atoms with van der Waals surface area (Å²) in [6.45, 7) is 6.06. The highest BCUT2D eigenvalue weighted by Crippen LogP contribution is 2.33. The molecular weight excluding hydrogens is 395 g/mol. The predicted octanol–water partition coefficient (Wildman–Crippen LogP) is 3.22. The normalized spacial score (nSPS) is 12.4. The van der Waals surface area contributed by atoms with Crippen molar-refractivity contribution in [1.29, 1.82) is 5.26 Å². The first-order chi connectivity index (χ1) is 10.4. The van der Waals surface area contributed by atoms with Gasteiger partial charge in [0, 0.05) is 6.04 Å². The standard InChI is InChI=1S/C16H19IN2O3/c1-4-10(3)19-16(21)12(9-18)6-11-7-13(17)15(20)14(8-11)22-5-2/h6-8,10,20H,4-5H2,1-3H3,(H,19,21)/b12-6+/t10-/m1/s1. The van der Waals surface area contributed by atoms with E-state index < -0.39 is 5.91 Å². The number of ether oxygens (including phenoxy) is 1. The molecule has 0 saturated heterocycles. The van der Waals surface area contributed by atoms with Crippen LogP contribution in [0.2, 0.25) is 0 Å². The zero-order chi connectivity index (χ0) is 16.7. The van der Waals surface area contributed by atoms with Crippen molar-refractivity contribution >= 4 is 34.6 Å². The summed E-state index contributed by atoms with van der Waals surface area (Å²) in [6.07, 6.45) is 2.28. The molecule has 1 rings (SSSR count). The number of benzene rings is 1. The molecule has 0 heterocycles. The second-order valence-electron chi connectivity index (χ2n) is 4.74. The summed E-state index contributed by atoms with van der Waals surface area (Å²) in [5.41, 5.74) is 0.644. The maximum Gasteiger partial charge on any atom is 0.262 e. The Bertz CT molecular complexity index is 621. The number of carbonyl (C=O) groups is 1. The van der Waals surface area contributed by atoms with Crippen LogP contribution >= 0.6 is 22.6 Å². The number of phenols is 1. The number of carbonyl (C=O) groups excluding carboxylic acids is 1. The topological polar surface area (TPSA) is 82.3 Å². The quantitative estimate of drug-likeness (QED) is 0.426. The van der Waals surface area contributed by atoms with E-state index in [1.165, 1.54) is 6.08 Å². The Hall–Kier alpha value is -1.75. The van der Waals surface area contributed by atoms with E-state index in [1.807, 2.05) is 49.4 Å². The molecule has 22 heavy (non-hydrogen) atoms. The fourth-order valence-corrected chi connectivity index (χ4v) is 2.29. The van der Waals surface area contributed by atoms with Crippen molar-refractivity contribution in [2.75, 3.05) is 6.61 Å². The van der Waals surface area contributed by atoms with Crippen molar-refractivity contribution in [3.8, 4) is 17.6 Å². The van der Waals surface area contributed by atoms with Crippen LogP contribution in [0.4, 0.5) is 0 Å². The number of phenolic OH excluding ortho intramolecular Hbond substituents is 1. The summed E-state index contributed by atoms with van der Waals surface area (Å²) in [5, 5.41) is 21.8. The Morgan fingerprint density at radius 1 is 1.55 bits per heavy atom. The SMILES string of the molecule is CCOc1cc(/C=C(\C#N)C(=O)N[C@H](C)CC)cc(I)c1O. The highest BCUT2D eigenvalue weighted by Gasteiger charge is 2.13. The van der Waals surface area contributed by atoms with Crippen molar-refractivity contribution < 1.29 is 14.6 Å². The molecule has 6 heteroatoms. The summed E-state index contributed by atoms with van der Waals surface area (Å²) >= 11 is 1.97. The molecule has 0 aromatic heterocycles. The van der Waals surface area contributed by atoms with Crippen LogP contribution in [0.25, 0.3) is 6.08 Å². The van der Waals surface area contributed by atoms with E-state index in [9.17, 15) is 15.2 Å². The van der Waals surface area contributed by atoms with Crippen molar-refractivity contribution in [2.45, 2.75) is 33.2 Å². The smallest absolute Gasteiger partial charge is 0.262 e. The zero-order valence-electron chi connectivity index (χ0n) is 12.8. The first kappa shape index (κ1) is 18.3. The van der Waals surface area contributed by atoms with Crippen LogP contribution < -0.4 is 10.1 Å². The van der Waals surface area contributed by atoms with Crippen LogP contribution in [-0.2, 0) is 4.79 Å². The van der Waals surface area contributed by atoms with Gasteiger partial charge >= 0.3 is 0 Å². The highest BCUT2D eigenvalue weighted by atomic mass is 127. The molecule has 0 fully saturated rings. The first-order valence-corrected chi connectivity index (χ1v) is 8.08. The van der Waals surface area contributed by atoms with Gasteiger partial charge in [0.15, 0.2) is 11.5 Å². The highest BCUT2D eigenvalue weighted by molar-refractivity contribution is 14.1. The fourth-order valence-electron chi connectivity index (χ4n) is 1.66. The van der Waals surface area contributed by atoms with E-state index in [-0.39, 0.29) is 17.4 Å². The predicted molar refractivity (Wildman–Crippen MR) is 93.5 cm³/mol. The van der Waals surface area contributed by atoms with Gasteiger partial charge in [-0.15, -0.1) is 0 Å². The minimum atomic E-state index is -0.405. The van der Waals surface area contributed by atoms with Crippen molar-refractivity contribution in [2.24, 2.45) is 0 Å². The monoisotopic (exact) mass is 414 g/mol. The lowest BCUT2D eigenvalue weighted by atomic mass is 10.1. The molecule has 0 bridgehead atoms. The van der Waals surface area contributed by atoms with Gasteiger partial charge in [0.1, 0.15) is 11.6 Å². The second kappa shape index (κ2) is 8.63. The molecular formula is C16H19IN2O3. The molecule has 0 aliphatic heterocycles. The molecule has 118 valence electrons. The molecule has 0 spiro atoms. The molecule has 1 amide bonds. The maximum atomic E-state index is 12.0. The van der Waals surface area contributed by atoms with E-state index in [0.29, 0.717) is 21.5 Å². The van der Waals surface area contributed by atoms with Crippen LogP contribution in [0.1, 0.15) is 32.8 Å². The number of rotatable bonds is 6. The van der Waals surface area contributed by atoms with Crippen molar-refractivity contribution in [3.05, 3.63) is 26.8 Å². The Morgan fingerprint density at radius 3 is 2.77 bits per heavy atom. The lowest BCUT2D eigenvalue weighted by molar-refractivity contribution is -0.117. The number of aromatic hydroxyl groups is 1. The number of hydrogen-bond donors (Lipinski definition) is 2. The average molecular weight is 414 g/mol. The third-order valence-corrected chi connectivity index (χ3v) is 3.84. The summed E-state index contributed by atoms with van der Waals surface area (Å²) in [5.74, 6) is -0.0136. The number of nitrogens with one attached hydrogen (secondary N) is 1. The van der Waals surface area contributed by atoms with Crippen LogP contribution in [0.3, 0.4) is 0 Å². The minimum Gasteiger partial charge on any atom is -0.504 e. The maximum absolute atomic E-state index is 12.0. The molecule has 0 saturated carbocycles. The largest absolute Gasteiger partial charge is 0.504 e. The number of hydrogen-bond acceptors (Lipinski definition) is 4. The molecule has 2 N–H and O–H groups in total. The number of halogens is 1. The van der Waals surface area contributed by atoms with Crippen molar-refractivity contribution in [1.82, 2.24) is 5.32 Å². The molecule has 0 unspecified atom stereocenters. The van der Waals surface area contributed by atoms with E-state index in [1.54, 1.807) is 12.1 Å². The van der Waals surface area contributed by atoms with Gasteiger partial charge in [0.2, 0.25) is 0 Å². The van der Waals surface area contributed by atoms with Crippen LogP contribution in [-0.4, -0.2) is 23.7 Å².